The zero-order valence-corrected chi connectivity index (χ0v) is 35.6. The lowest BCUT2D eigenvalue weighted by molar-refractivity contribution is -0.135. The van der Waals surface area contributed by atoms with Crippen molar-refractivity contribution in [3.63, 3.8) is 0 Å². The second-order valence-electron chi connectivity index (χ2n) is 16.4. The average molecular weight is 847 g/mol. The number of hydrogen-bond donors (Lipinski definition) is 5. The Labute approximate surface area is 365 Å². The van der Waals surface area contributed by atoms with Gasteiger partial charge in [-0.3, -0.25) is 9.59 Å². The zero-order valence-electron chi connectivity index (χ0n) is 35.6. The van der Waals surface area contributed by atoms with Gasteiger partial charge in [0.25, 0.3) is 5.91 Å². The van der Waals surface area contributed by atoms with Crippen molar-refractivity contribution < 1.29 is 23.9 Å². The van der Waals surface area contributed by atoms with Crippen molar-refractivity contribution in [1.82, 2.24) is 45.7 Å². The molecule has 8 rings (SSSR count). The fraction of sp³-hybridized carbons (Fsp3) is 0.312. The highest BCUT2D eigenvalue weighted by Crippen LogP contribution is 2.38. The van der Waals surface area contributed by atoms with Gasteiger partial charge in [0.1, 0.15) is 23.7 Å². The van der Waals surface area contributed by atoms with Crippen LogP contribution in [0.5, 0.6) is 0 Å². The molecule has 5 atom stereocenters. The number of amides is 5. The molecule has 5 amide bonds. The fourth-order valence-corrected chi connectivity index (χ4v) is 8.67. The number of carbonyl (C=O) groups is 4. The molecule has 4 heterocycles. The van der Waals surface area contributed by atoms with Crippen LogP contribution in [0, 0.1) is 23.2 Å². The number of H-pyrrole nitrogens is 2. The summed E-state index contributed by atoms with van der Waals surface area (Å²) in [6.45, 7) is 4.61. The lowest BCUT2D eigenvalue weighted by Crippen LogP contribution is -2.51. The molecule has 15 nitrogen and oxygen atoms in total. The Balaban J connectivity index is 0.958. The molecule has 0 radical (unpaired) electrons. The van der Waals surface area contributed by atoms with Gasteiger partial charge in [0, 0.05) is 25.7 Å². The van der Waals surface area contributed by atoms with Gasteiger partial charge in [0.05, 0.1) is 55.0 Å². The predicted octanol–water partition coefficient (Wildman–Crippen LogP) is 7.41. The van der Waals surface area contributed by atoms with E-state index in [1.165, 1.54) is 14.2 Å². The molecule has 2 aliphatic rings. The molecule has 2 saturated heterocycles. The van der Waals surface area contributed by atoms with Crippen molar-refractivity contribution in [2.24, 2.45) is 11.8 Å². The predicted molar refractivity (Wildman–Crippen MR) is 237 cm³/mol. The summed E-state index contributed by atoms with van der Waals surface area (Å²) >= 11 is 0. The third-order valence-corrected chi connectivity index (χ3v) is 12.1. The topological polar surface area (TPSA) is 201 Å². The summed E-state index contributed by atoms with van der Waals surface area (Å²) in [5.41, 5.74) is 6.27. The molecule has 0 aliphatic carbocycles. The number of imidazole rings is 2. The SMILES string of the molecule is CNC(=O)N[C@@H](C(=O)N1C[C@@H](C#N)C[C@H]1c1ncc(-c2ccc(-c3ccc4cc(-c5cnc([C@@H]6CCCN6C(=O)[C@@H](NC(=O)OC)C(C)C)[nH]5)ccc4c3)cc2)[nH]1)c1ccccc1. The number of aromatic nitrogens is 4. The molecule has 15 heteroatoms. The Hall–Kier alpha value is -7.47. The molecule has 2 aliphatic heterocycles. The average Bonchev–Trinajstić information content (AvgIpc) is 4.16. The Kier molecular flexibility index (Phi) is 12.2. The van der Waals surface area contributed by atoms with Gasteiger partial charge in [-0.05, 0) is 70.3 Å². The number of nitriles is 1. The van der Waals surface area contributed by atoms with E-state index in [-0.39, 0.29) is 36.2 Å². The Morgan fingerprint density at radius 3 is 2.05 bits per heavy atom. The number of rotatable bonds is 11. The number of ether oxygens (including phenoxy) is 1. The minimum absolute atomic E-state index is 0.115. The van der Waals surface area contributed by atoms with Crippen LogP contribution >= 0.6 is 0 Å². The van der Waals surface area contributed by atoms with E-state index in [9.17, 15) is 24.4 Å². The van der Waals surface area contributed by atoms with Crippen molar-refractivity contribution >= 4 is 34.7 Å². The first-order chi connectivity index (χ1) is 30.5. The number of hydrogen-bond acceptors (Lipinski definition) is 8. The lowest BCUT2D eigenvalue weighted by Gasteiger charge is -2.30. The van der Waals surface area contributed by atoms with Crippen LogP contribution in [0.4, 0.5) is 9.59 Å². The number of nitrogens with zero attached hydrogens (tertiary/aromatic N) is 5. The maximum atomic E-state index is 14.1. The lowest BCUT2D eigenvalue weighted by atomic mass is 9.98. The van der Waals surface area contributed by atoms with Crippen LogP contribution < -0.4 is 16.0 Å². The van der Waals surface area contributed by atoms with Crippen molar-refractivity contribution in [2.45, 2.75) is 57.3 Å². The monoisotopic (exact) mass is 846 g/mol. The molecule has 322 valence electrons. The molecule has 0 saturated carbocycles. The quantitative estimate of drug-likeness (QED) is 0.0887. The standard InChI is InChI=1S/C48H50N10O5/c1-28(2)41(56-48(62)63-4)45(59)57-20-8-11-39(57)43-51-26-38(54-43)36-19-18-34-22-33(16-17-35(34)23-36)30-12-14-31(15-13-30)37-25-52-44(53-37)40-21-29(24-49)27-58(40)46(60)42(55-47(61)50-3)32-9-6-5-7-10-32/h5-7,9-10,12-19,22-23,25-26,28-29,39-42H,8,11,20-21,27H2,1-4H3,(H,51,54)(H,52,53)(H,56,62)(H2,50,55,61)/t29-,39+,40+,41+,42-/m1/s1. The van der Waals surface area contributed by atoms with E-state index in [0.717, 1.165) is 57.3 Å². The maximum absolute atomic E-state index is 14.1. The highest BCUT2D eigenvalue weighted by atomic mass is 16.5. The molecule has 2 aromatic heterocycles. The van der Waals surface area contributed by atoms with Gasteiger partial charge in [-0.15, -0.1) is 0 Å². The van der Waals surface area contributed by atoms with Gasteiger partial charge in [-0.25, -0.2) is 19.6 Å². The summed E-state index contributed by atoms with van der Waals surface area (Å²) in [5, 5.41) is 20.0. The van der Waals surface area contributed by atoms with E-state index in [2.05, 4.69) is 85.5 Å². The molecule has 6 aromatic rings. The first-order valence-electron chi connectivity index (χ1n) is 21.2. The smallest absolute Gasteiger partial charge is 0.407 e. The van der Waals surface area contributed by atoms with Gasteiger partial charge >= 0.3 is 12.1 Å². The molecule has 63 heavy (non-hydrogen) atoms. The van der Waals surface area contributed by atoms with Crippen LogP contribution in [0.1, 0.15) is 68.4 Å². The fourth-order valence-electron chi connectivity index (χ4n) is 8.67. The van der Waals surface area contributed by atoms with Crippen LogP contribution in [0.2, 0.25) is 0 Å². The van der Waals surface area contributed by atoms with Gasteiger partial charge in [-0.1, -0.05) is 92.7 Å². The molecule has 2 fully saturated rings. The van der Waals surface area contributed by atoms with Crippen molar-refractivity contribution in [3.05, 3.63) is 121 Å². The number of benzene rings is 4. The molecule has 5 N–H and O–H groups in total. The van der Waals surface area contributed by atoms with Crippen LogP contribution in [-0.2, 0) is 14.3 Å². The third kappa shape index (κ3) is 8.83. The van der Waals surface area contributed by atoms with E-state index < -0.39 is 30.2 Å². The van der Waals surface area contributed by atoms with E-state index >= 15 is 0 Å². The van der Waals surface area contributed by atoms with E-state index in [1.54, 1.807) is 23.2 Å². The summed E-state index contributed by atoms with van der Waals surface area (Å²) in [6, 6.07) is 29.4. The summed E-state index contributed by atoms with van der Waals surface area (Å²) in [5.74, 6) is 0.332. The number of nitrogens with one attached hydrogen (secondary N) is 5. The summed E-state index contributed by atoms with van der Waals surface area (Å²) in [6.07, 6.45) is 4.95. The van der Waals surface area contributed by atoms with Crippen molar-refractivity contribution in [1.29, 1.82) is 5.26 Å². The van der Waals surface area contributed by atoms with Crippen molar-refractivity contribution in [2.75, 3.05) is 27.2 Å². The highest BCUT2D eigenvalue weighted by molar-refractivity contribution is 5.91. The largest absolute Gasteiger partial charge is 0.453 e. The van der Waals surface area contributed by atoms with Gasteiger partial charge < -0.3 is 40.5 Å². The zero-order chi connectivity index (χ0) is 44.2. The number of carbonyl (C=O) groups excluding carboxylic acids is 4. The summed E-state index contributed by atoms with van der Waals surface area (Å²) in [4.78, 5) is 71.8. The summed E-state index contributed by atoms with van der Waals surface area (Å²) < 4.78 is 4.77. The number of likely N-dealkylation sites (tertiary alicyclic amines) is 2. The van der Waals surface area contributed by atoms with Crippen molar-refractivity contribution in [3.8, 4) is 39.7 Å². The van der Waals surface area contributed by atoms with Gasteiger partial charge in [0.2, 0.25) is 5.91 Å². The van der Waals surface area contributed by atoms with Crippen LogP contribution in [0.15, 0.2) is 103 Å². The molecule has 4 aromatic carbocycles. The molecule has 0 spiro atoms. The van der Waals surface area contributed by atoms with E-state index in [0.29, 0.717) is 30.2 Å². The van der Waals surface area contributed by atoms with E-state index in [1.807, 2.05) is 55.3 Å². The Bertz CT molecular complexity index is 2670. The second kappa shape index (κ2) is 18.3. The molecule has 0 bridgehead atoms. The Morgan fingerprint density at radius 1 is 0.778 bits per heavy atom. The minimum Gasteiger partial charge on any atom is -0.453 e. The second-order valence-corrected chi connectivity index (χ2v) is 16.4. The molecular weight excluding hydrogens is 797 g/mol. The first kappa shape index (κ1) is 42.2. The number of fused-ring (bicyclic) bond motifs is 1. The summed E-state index contributed by atoms with van der Waals surface area (Å²) in [7, 11) is 2.78. The third-order valence-electron chi connectivity index (χ3n) is 12.1. The van der Waals surface area contributed by atoms with Crippen LogP contribution in [0.3, 0.4) is 0 Å². The van der Waals surface area contributed by atoms with Gasteiger partial charge in [0.15, 0.2) is 0 Å². The van der Waals surface area contributed by atoms with E-state index in [4.69, 9.17) is 9.72 Å². The molecule has 0 unspecified atom stereocenters. The normalized spacial score (nSPS) is 18.2. The Morgan fingerprint density at radius 2 is 1.40 bits per heavy atom. The number of methoxy groups -OCH3 is 1. The first-order valence-corrected chi connectivity index (χ1v) is 21.2. The minimum atomic E-state index is -0.939. The van der Waals surface area contributed by atoms with Gasteiger partial charge in [-0.2, -0.15) is 5.26 Å². The number of alkyl carbamates (subject to hydrolysis) is 1. The van der Waals surface area contributed by atoms with Crippen LogP contribution in [0.25, 0.3) is 44.4 Å². The maximum Gasteiger partial charge on any atom is 0.407 e. The highest BCUT2D eigenvalue weighted by Gasteiger charge is 2.41. The van der Waals surface area contributed by atoms with Crippen LogP contribution in [-0.4, -0.2) is 87.0 Å². The molecular formula is C48H50N10O5. The number of aromatic amines is 2. The number of urea groups is 1.